The van der Waals surface area contributed by atoms with E-state index in [1.165, 1.54) is 55.6 Å². The van der Waals surface area contributed by atoms with Crippen molar-refractivity contribution in [2.45, 2.75) is 32.2 Å². The molecule has 0 atom stereocenters. The maximum atomic E-state index is 5.95. The predicted molar refractivity (Wildman–Crippen MR) is 218 cm³/mol. The number of fused-ring (bicyclic) bond motifs is 1. The molecule has 0 amide bonds. The minimum Gasteiger partial charge on any atom is -0.494 e. The largest absolute Gasteiger partial charge is 0.494 e. The maximum Gasteiger partial charge on any atom is 0.229 e. The second kappa shape index (κ2) is 15.5. The molecule has 3 aromatic heterocycles. The summed E-state index contributed by atoms with van der Waals surface area (Å²) in [5.74, 6) is 1.98. The molecule has 2 N–H and O–H groups in total. The van der Waals surface area contributed by atoms with Gasteiger partial charge in [-0.3, -0.25) is 4.90 Å². The van der Waals surface area contributed by atoms with Gasteiger partial charge in [0.25, 0.3) is 0 Å². The SMILES string of the molecule is CCc1cc(Nc2ncc(Br)c(Nc3ccc(-c4cnc5c(ccn5C)c4)cc3P(C)C)n2)c(OC)cc1N1CCC(N2CCN(C)CC2)CC1. The van der Waals surface area contributed by atoms with Gasteiger partial charge in [-0.05, 0) is 102 Å². The molecule has 12 heteroatoms. The Morgan fingerprint density at radius 3 is 2.39 bits per heavy atom. The van der Waals surface area contributed by atoms with E-state index >= 15 is 0 Å². The summed E-state index contributed by atoms with van der Waals surface area (Å²) in [5.41, 5.74) is 7.68. The number of halogens is 1. The number of hydrogen-bond donors (Lipinski definition) is 2. The zero-order chi connectivity index (χ0) is 35.6. The number of likely N-dealkylation sites (N-methyl/N-ethyl adjacent to an activating group) is 1. The van der Waals surface area contributed by atoms with Crippen molar-refractivity contribution in [3.05, 3.63) is 71.1 Å². The summed E-state index contributed by atoms with van der Waals surface area (Å²) in [6.07, 6.45) is 9.11. The lowest BCUT2D eigenvalue weighted by Crippen LogP contribution is -2.52. The number of rotatable bonds is 10. The van der Waals surface area contributed by atoms with Crippen molar-refractivity contribution in [3.63, 3.8) is 0 Å². The van der Waals surface area contributed by atoms with Gasteiger partial charge < -0.3 is 29.7 Å². The van der Waals surface area contributed by atoms with Gasteiger partial charge >= 0.3 is 0 Å². The Balaban J connectivity index is 1.09. The van der Waals surface area contributed by atoms with Crippen LogP contribution in [0.15, 0.2) is 65.5 Å². The number of piperazine rings is 1. The van der Waals surface area contributed by atoms with Crippen LogP contribution in [0.3, 0.4) is 0 Å². The highest BCUT2D eigenvalue weighted by molar-refractivity contribution is 9.10. The molecule has 0 spiro atoms. The van der Waals surface area contributed by atoms with Crippen molar-refractivity contribution in [2.75, 3.05) is 82.3 Å². The second-order valence-electron chi connectivity index (χ2n) is 13.9. The molecule has 51 heavy (non-hydrogen) atoms. The van der Waals surface area contributed by atoms with Gasteiger partial charge in [-0.2, -0.15) is 4.98 Å². The van der Waals surface area contributed by atoms with E-state index in [1.54, 1.807) is 13.3 Å². The first-order chi connectivity index (χ1) is 24.7. The fraction of sp³-hybridized carbons (Fsp3) is 0.410. The third-order valence-electron chi connectivity index (χ3n) is 10.4. The van der Waals surface area contributed by atoms with E-state index in [0.29, 0.717) is 17.8 Å². The van der Waals surface area contributed by atoms with Crippen LogP contribution >= 0.6 is 23.9 Å². The summed E-state index contributed by atoms with van der Waals surface area (Å²) < 4.78 is 8.79. The lowest BCUT2D eigenvalue weighted by Gasteiger charge is -2.43. The Kier molecular flexibility index (Phi) is 10.8. The lowest BCUT2D eigenvalue weighted by atomic mass is 9.99. The first-order valence-corrected chi connectivity index (χ1v) is 20.9. The number of benzene rings is 2. The van der Waals surface area contributed by atoms with Crippen molar-refractivity contribution in [3.8, 4) is 16.9 Å². The lowest BCUT2D eigenvalue weighted by molar-refractivity contribution is 0.0982. The van der Waals surface area contributed by atoms with Gasteiger partial charge in [0.15, 0.2) is 0 Å². The molecule has 5 aromatic rings. The summed E-state index contributed by atoms with van der Waals surface area (Å²) in [6.45, 7) is 13.6. The molecule has 0 radical (unpaired) electrons. The Morgan fingerprint density at radius 1 is 0.882 bits per heavy atom. The van der Waals surface area contributed by atoms with Crippen LogP contribution in [0, 0.1) is 0 Å². The minimum atomic E-state index is -0.422. The fourth-order valence-electron chi connectivity index (χ4n) is 7.38. The monoisotopic (exact) mass is 769 g/mol. The fourth-order valence-corrected chi connectivity index (χ4v) is 8.68. The molecule has 0 bridgehead atoms. The second-order valence-corrected chi connectivity index (χ2v) is 17.0. The van der Waals surface area contributed by atoms with Crippen LogP contribution in [0.4, 0.5) is 28.8 Å². The highest BCUT2D eigenvalue weighted by atomic mass is 79.9. The molecule has 0 unspecified atom stereocenters. The molecule has 2 aromatic carbocycles. The molecular weight excluding hydrogens is 721 g/mol. The Morgan fingerprint density at radius 2 is 1.67 bits per heavy atom. The van der Waals surface area contributed by atoms with E-state index in [0.717, 1.165) is 63.3 Å². The molecule has 2 saturated heterocycles. The van der Waals surface area contributed by atoms with Gasteiger partial charge in [0.1, 0.15) is 17.2 Å². The van der Waals surface area contributed by atoms with Gasteiger partial charge in [0.05, 0.1) is 17.3 Å². The number of hydrogen-bond acceptors (Lipinski definition) is 9. The molecule has 2 aliphatic heterocycles. The summed E-state index contributed by atoms with van der Waals surface area (Å²) in [6, 6.07) is 16.0. The van der Waals surface area contributed by atoms with Crippen LogP contribution in [0.5, 0.6) is 5.75 Å². The molecule has 268 valence electrons. The van der Waals surface area contributed by atoms with Crippen LogP contribution < -0.4 is 25.6 Å². The number of piperidine rings is 1. The molecule has 5 heterocycles. The predicted octanol–water partition coefficient (Wildman–Crippen LogP) is 7.43. The summed E-state index contributed by atoms with van der Waals surface area (Å²) >= 11 is 3.69. The van der Waals surface area contributed by atoms with Crippen LogP contribution in [0.2, 0.25) is 0 Å². The first kappa shape index (κ1) is 35.6. The van der Waals surface area contributed by atoms with E-state index in [2.05, 4.69) is 116 Å². The van der Waals surface area contributed by atoms with Gasteiger partial charge in [0.2, 0.25) is 5.95 Å². The average molecular weight is 771 g/mol. The quantitative estimate of drug-likeness (QED) is 0.141. The maximum absolute atomic E-state index is 5.95. The zero-order valence-electron chi connectivity index (χ0n) is 30.6. The topological polar surface area (TPSA) is 86.6 Å². The zero-order valence-corrected chi connectivity index (χ0v) is 33.1. The Hall–Kier alpha value is -3.76. The van der Waals surface area contributed by atoms with Crippen LogP contribution in [0.1, 0.15) is 25.3 Å². The molecule has 0 saturated carbocycles. The first-order valence-electron chi connectivity index (χ1n) is 17.9. The number of pyridine rings is 1. The molecular formula is C39H49BrN9OP. The Labute approximate surface area is 311 Å². The van der Waals surface area contributed by atoms with Crippen LogP contribution in [0.25, 0.3) is 22.2 Å². The van der Waals surface area contributed by atoms with Crippen molar-refractivity contribution >= 4 is 69.0 Å². The van der Waals surface area contributed by atoms with Crippen molar-refractivity contribution in [1.29, 1.82) is 0 Å². The van der Waals surface area contributed by atoms with Crippen molar-refractivity contribution in [2.24, 2.45) is 7.05 Å². The van der Waals surface area contributed by atoms with Gasteiger partial charge in [0, 0.05) is 99.3 Å². The number of anilines is 5. The molecule has 7 rings (SSSR count). The van der Waals surface area contributed by atoms with E-state index in [1.807, 2.05) is 24.0 Å². The standard InChI is InChI=1S/C39H49BrN9OP/c1-7-26-21-33(35(50-4)23-34(26)49-14-11-30(12-15-49)48-18-16-46(2)17-19-48)44-39-42-25-31(40)37(45-39)43-32-9-8-27(22-36(32)51(5)6)29-20-28-10-13-47(3)38(28)41-24-29/h8-10,13,20-25,30H,7,11-12,14-19H2,1-6H3,(H2,42,43,44,45). The molecule has 0 aliphatic carbocycles. The smallest absolute Gasteiger partial charge is 0.229 e. The third kappa shape index (κ3) is 7.72. The highest BCUT2D eigenvalue weighted by Gasteiger charge is 2.28. The number of nitrogens with zero attached hydrogens (tertiary/aromatic N) is 7. The molecule has 2 fully saturated rings. The number of ether oxygens (including phenoxy) is 1. The Bertz CT molecular complexity index is 2000. The van der Waals surface area contributed by atoms with Crippen molar-refractivity contribution in [1.82, 2.24) is 29.3 Å². The minimum absolute atomic E-state index is 0.422. The van der Waals surface area contributed by atoms with E-state index in [4.69, 9.17) is 14.7 Å². The van der Waals surface area contributed by atoms with Gasteiger partial charge in [-0.25, -0.2) is 9.97 Å². The van der Waals surface area contributed by atoms with E-state index < -0.39 is 7.92 Å². The summed E-state index contributed by atoms with van der Waals surface area (Å²) in [5, 5.41) is 9.48. The summed E-state index contributed by atoms with van der Waals surface area (Å²) in [4.78, 5) is 22.0. The van der Waals surface area contributed by atoms with Crippen LogP contribution in [-0.4, -0.2) is 102 Å². The van der Waals surface area contributed by atoms with Crippen LogP contribution in [-0.2, 0) is 13.5 Å². The summed E-state index contributed by atoms with van der Waals surface area (Å²) in [7, 11) is 5.56. The number of nitrogens with one attached hydrogen (secondary N) is 2. The molecule has 10 nitrogen and oxygen atoms in total. The highest BCUT2D eigenvalue weighted by Crippen LogP contribution is 2.38. The van der Waals surface area contributed by atoms with E-state index in [9.17, 15) is 0 Å². The van der Waals surface area contributed by atoms with Gasteiger partial charge in [-0.15, -0.1) is 0 Å². The number of aromatic nitrogens is 4. The van der Waals surface area contributed by atoms with Gasteiger partial charge in [-0.1, -0.05) is 20.9 Å². The normalized spacial score (nSPS) is 16.3. The molecule has 2 aliphatic rings. The number of methoxy groups -OCH3 is 1. The van der Waals surface area contributed by atoms with E-state index in [-0.39, 0.29) is 0 Å². The van der Waals surface area contributed by atoms with Crippen molar-refractivity contribution < 1.29 is 4.74 Å². The third-order valence-corrected chi connectivity index (χ3v) is 12.3. The average Bonchev–Trinajstić information content (AvgIpc) is 3.52. The number of aryl methyl sites for hydroxylation is 2.